The first kappa shape index (κ1) is 25.0. The highest BCUT2D eigenvalue weighted by Gasteiger charge is 2.28. The van der Waals surface area contributed by atoms with Crippen LogP contribution in [-0.4, -0.2) is 17.2 Å². The molecule has 0 saturated heterocycles. The van der Waals surface area contributed by atoms with Crippen molar-refractivity contribution >= 4 is 80.7 Å². The number of halogens is 4. The third-order valence-electron chi connectivity index (χ3n) is 6.27. The number of phenolic OH excluding ortho intramolecular Hbond substituents is 1. The van der Waals surface area contributed by atoms with E-state index in [1.807, 2.05) is 12.1 Å². The molecule has 0 spiro atoms. The summed E-state index contributed by atoms with van der Waals surface area (Å²) in [6.07, 6.45) is 4.93. The van der Waals surface area contributed by atoms with Gasteiger partial charge in [0.15, 0.2) is 11.3 Å². The highest BCUT2D eigenvalue weighted by atomic mass is 79.9. The highest BCUT2D eigenvalue weighted by Crippen LogP contribution is 2.49. The summed E-state index contributed by atoms with van der Waals surface area (Å²) in [7, 11) is 0. The molecule has 1 heterocycles. The van der Waals surface area contributed by atoms with E-state index in [9.17, 15) is 14.7 Å². The zero-order chi connectivity index (χ0) is 24.9. The molecule has 9 heteroatoms. The van der Waals surface area contributed by atoms with E-state index in [4.69, 9.17) is 9.15 Å². The Balaban J connectivity index is 1.82. The molecule has 5 rings (SSSR count). The molecule has 2 aromatic carbocycles. The molecular weight excluding hydrogens is 712 g/mol. The first-order chi connectivity index (χ1) is 16.8. The van der Waals surface area contributed by atoms with Crippen LogP contribution < -0.4 is 5.43 Å². The largest absolute Gasteiger partial charge is 0.505 e. The van der Waals surface area contributed by atoms with E-state index < -0.39 is 0 Å². The molecule has 1 aliphatic heterocycles. The predicted octanol–water partition coefficient (Wildman–Crippen LogP) is 8.81. The van der Waals surface area contributed by atoms with Crippen LogP contribution in [0.4, 0.5) is 0 Å². The second kappa shape index (κ2) is 10.00. The van der Waals surface area contributed by atoms with Gasteiger partial charge >= 0.3 is 5.97 Å². The summed E-state index contributed by atoms with van der Waals surface area (Å²) in [6.45, 7) is 0. The lowest BCUT2D eigenvalue weighted by Gasteiger charge is -2.23. The number of ether oxygens (including phenoxy) is 1. The molecule has 1 N–H and O–H groups in total. The highest BCUT2D eigenvalue weighted by molar-refractivity contribution is 9.11. The molecule has 180 valence electrons. The number of phenols is 1. The van der Waals surface area contributed by atoms with E-state index in [1.54, 1.807) is 24.3 Å². The van der Waals surface area contributed by atoms with Crippen LogP contribution in [0, 0.1) is 0 Å². The molecule has 3 aliphatic rings. The predicted molar refractivity (Wildman–Crippen MR) is 149 cm³/mol. The fourth-order valence-corrected chi connectivity index (χ4v) is 6.96. The van der Waals surface area contributed by atoms with Gasteiger partial charge in [0.2, 0.25) is 5.43 Å². The van der Waals surface area contributed by atoms with E-state index in [0.29, 0.717) is 52.4 Å². The Morgan fingerprint density at radius 3 is 2.40 bits per heavy atom. The van der Waals surface area contributed by atoms with Crippen LogP contribution >= 0.6 is 63.7 Å². The first-order valence-electron chi connectivity index (χ1n) is 11.0. The van der Waals surface area contributed by atoms with Crippen LogP contribution in [0.2, 0.25) is 0 Å². The fourth-order valence-electron chi connectivity index (χ4n) is 4.56. The molecular formula is C26H18Br4O5. The molecule has 0 bridgehead atoms. The van der Waals surface area contributed by atoms with Crippen molar-refractivity contribution < 1.29 is 19.1 Å². The maximum Gasteiger partial charge on any atom is 0.339 e. The van der Waals surface area contributed by atoms with Gasteiger partial charge in [-0.25, -0.2) is 4.79 Å². The topological polar surface area (TPSA) is 76.7 Å². The van der Waals surface area contributed by atoms with E-state index >= 15 is 0 Å². The summed E-state index contributed by atoms with van der Waals surface area (Å²) in [5.74, 6) is -0.115. The lowest BCUT2D eigenvalue weighted by Crippen LogP contribution is -2.21. The average molecular weight is 730 g/mol. The zero-order valence-corrected chi connectivity index (χ0v) is 24.5. The summed E-state index contributed by atoms with van der Waals surface area (Å²) in [4.78, 5) is 26.1. The standard InChI is InChI=1S/C26H18Br4O5/c27-17-10-15-19(13-8-4-5-9-14(13)26(33)34-12-6-2-1-3-7-12)16-11-18(28)23(32)21(30)25(16)35-24(15)20(29)22(17)31/h4-5,8-12,31H,1-3,6-7H2. The number of aromatic hydroxyl groups is 1. The van der Waals surface area contributed by atoms with Crippen molar-refractivity contribution in [1.29, 1.82) is 0 Å². The monoisotopic (exact) mass is 726 g/mol. The summed E-state index contributed by atoms with van der Waals surface area (Å²) in [5, 5.41) is 11.2. The van der Waals surface area contributed by atoms with Crippen LogP contribution in [0.25, 0.3) is 33.4 Å². The van der Waals surface area contributed by atoms with Gasteiger partial charge in [-0.05, 0) is 113 Å². The lowest BCUT2D eigenvalue weighted by atomic mass is 9.90. The normalized spacial score (nSPS) is 14.5. The zero-order valence-electron chi connectivity index (χ0n) is 18.2. The Kier molecular flexibility index (Phi) is 7.14. The minimum atomic E-state index is -0.384. The van der Waals surface area contributed by atoms with Gasteiger partial charge < -0.3 is 14.3 Å². The van der Waals surface area contributed by atoms with Crippen molar-refractivity contribution in [3.05, 3.63) is 70.1 Å². The van der Waals surface area contributed by atoms with Gasteiger partial charge in [-0.2, -0.15) is 0 Å². The van der Waals surface area contributed by atoms with E-state index in [2.05, 4.69) is 63.7 Å². The van der Waals surface area contributed by atoms with Gasteiger partial charge in [0.05, 0.1) is 14.5 Å². The molecule has 1 fully saturated rings. The van der Waals surface area contributed by atoms with Crippen LogP contribution in [-0.2, 0) is 4.74 Å². The van der Waals surface area contributed by atoms with Crippen LogP contribution in [0.5, 0.6) is 5.75 Å². The Bertz CT molecular complexity index is 1500. The molecule has 1 saturated carbocycles. The number of hydrogen-bond acceptors (Lipinski definition) is 5. The Morgan fingerprint density at radius 1 is 0.943 bits per heavy atom. The number of fused-ring (bicyclic) bond motifs is 2. The quantitative estimate of drug-likeness (QED) is 0.169. The number of rotatable bonds is 3. The van der Waals surface area contributed by atoms with Crippen LogP contribution in [0.15, 0.2) is 63.5 Å². The average Bonchev–Trinajstić information content (AvgIpc) is 2.86. The van der Waals surface area contributed by atoms with E-state index in [0.717, 1.165) is 32.1 Å². The molecule has 2 aromatic rings. The number of hydrogen-bond donors (Lipinski definition) is 1. The van der Waals surface area contributed by atoms with Gasteiger partial charge in [0.25, 0.3) is 0 Å². The maximum absolute atomic E-state index is 13.4. The third kappa shape index (κ3) is 4.49. The Hall–Kier alpha value is -1.68. The second-order valence-corrected chi connectivity index (χ2v) is 11.8. The minimum absolute atomic E-state index is 0.0351. The van der Waals surface area contributed by atoms with Gasteiger partial charge in [-0.3, -0.25) is 4.79 Å². The Labute approximate surface area is 234 Å². The molecule has 0 unspecified atom stereocenters. The summed E-state index contributed by atoms with van der Waals surface area (Å²) in [5.41, 5.74) is 2.44. The molecule has 0 amide bonds. The van der Waals surface area contributed by atoms with E-state index in [-0.39, 0.29) is 27.7 Å². The third-order valence-corrected chi connectivity index (χ3v) is 8.91. The first-order valence-corrected chi connectivity index (χ1v) is 14.2. The van der Waals surface area contributed by atoms with Gasteiger partial charge in [-0.15, -0.1) is 0 Å². The second-order valence-electron chi connectivity index (χ2n) is 8.46. The smallest absolute Gasteiger partial charge is 0.339 e. The summed E-state index contributed by atoms with van der Waals surface area (Å²) in [6, 6.07) is 10.7. The lowest BCUT2D eigenvalue weighted by molar-refractivity contribution is 0.0212. The molecule has 0 radical (unpaired) electrons. The SMILES string of the molecule is O=C(OC1CCCCC1)c1ccccc1-c1c2cc(Br)c(=O)c(Br)c-2oc2c(Br)c(O)c(Br)cc12. The molecule has 35 heavy (non-hydrogen) atoms. The molecule has 0 aromatic heterocycles. The minimum Gasteiger partial charge on any atom is -0.505 e. The molecule has 0 atom stereocenters. The molecule has 5 nitrogen and oxygen atoms in total. The Morgan fingerprint density at radius 2 is 1.66 bits per heavy atom. The van der Waals surface area contributed by atoms with Crippen molar-refractivity contribution in [1.82, 2.24) is 0 Å². The van der Waals surface area contributed by atoms with Gasteiger partial charge in [-0.1, -0.05) is 24.6 Å². The van der Waals surface area contributed by atoms with Crippen molar-refractivity contribution in [2.24, 2.45) is 0 Å². The van der Waals surface area contributed by atoms with Crippen molar-refractivity contribution in [3.63, 3.8) is 0 Å². The summed E-state index contributed by atoms with van der Waals surface area (Å²) < 4.78 is 13.4. The van der Waals surface area contributed by atoms with Crippen molar-refractivity contribution in [2.75, 3.05) is 0 Å². The summed E-state index contributed by atoms with van der Waals surface area (Å²) >= 11 is 13.6. The number of benzene rings is 3. The van der Waals surface area contributed by atoms with Crippen LogP contribution in [0.1, 0.15) is 42.5 Å². The fraction of sp³-hybridized carbons (Fsp3) is 0.231. The van der Waals surface area contributed by atoms with Crippen molar-refractivity contribution in [2.45, 2.75) is 38.2 Å². The maximum atomic E-state index is 13.4. The van der Waals surface area contributed by atoms with Gasteiger partial charge in [0.1, 0.15) is 20.8 Å². The number of esters is 1. The van der Waals surface area contributed by atoms with Crippen molar-refractivity contribution in [3.8, 4) is 28.2 Å². The van der Waals surface area contributed by atoms with E-state index in [1.165, 1.54) is 0 Å². The van der Waals surface area contributed by atoms with Crippen LogP contribution in [0.3, 0.4) is 0 Å². The number of carbonyl (C=O) groups is 1. The van der Waals surface area contributed by atoms with Gasteiger partial charge in [0, 0.05) is 16.5 Å². The molecule has 2 aliphatic carbocycles. The number of carbonyl (C=O) groups excluding carboxylic acids is 1.